The standard InChI is InChI=1S/C16H20FN3/c1-16(7-2-8-18-10-16)11-20-12-19-9-15(20)13-3-5-14(17)6-4-13/h3-6,9,12,18H,2,7-8,10-11H2,1H3. The van der Waals surface area contributed by atoms with Gasteiger partial charge in [-0.3, -0.25) is 0 Å². The molecule has 0 amide bonds. The van der Waals surface area contributed by atoms with Gasteiger partial charge in [0.25, 0.3) is 0 Å². The molecule has 1 unspecified atom stereocenters. The van der Waals surface area contributed by atoms with E-state index in [0.717, 1.165) is 30.9 Å². The summed E-state index contributed by atoms with van der Waals surface area (Å²) in [5, 5.41) is 3.47. The number of rotatable bonds is 3. The lowest BCUT2D eigenvalue weighted by Gasteiger charge is -2.34. The number of imidazole rings is 1. The molecule has 1 atom stereocenters. The van der Waals surface area contributed by atoms with Crippen molar-refractivity contribution >= 4 is 0 Å². The van der Waals surface area contributed by atoms with Crippen molar-refractivity contribution < 1.29 is 4.39 Å². The van der Waals surface area contributed by atoms with E-state index in [-0.39, 0.29) is 11.2 Å². The molecule has 0 saturated carbocycles. The molecule has 2 heterocycles. The minimum absolute atomic E-state index is 0.205. The number of piperidine rings is 1. The summed E-state index contributed by atoms with van der Waals surface area (Å²) in [6.45, 7) is 5.40. The highest BCUT2D eigenvalue weighted by Gasteiger charge is 2.27. The highest BCUT2D eigenvalue weighted by atomic mass is 19.1. The van der Waals surface area contributed by atoms with Crippen LogP contribution in [-0.2, 0) is 6.54 Å². The molecular weight excluding hydrogens is 253 g/mol. The van der Waals surface area contributed by atoms with Crippen LogP contribution >= 0.6 is 0 Å². The third-order valence-electron chi connectivity index (χ3n) is 4.09. The second kappa shape index (κ2) is 5.37. The number of nitrogens with one attached hydrogen (secondary N) is 1. The minimum atomic E-state index is -0.205. The van der Waals surface area contributed by atoms with Gasteiger partial charge in [0.05, 0.1) is 18.2 Å². The van der Waals surface area contributed by atoms with Crippen LogP contribution in [0.3, 0.4) is 0 Å². The van der Waals surface area contributed by atoms with Crippen molar-refractivity contribution in [2.75, 3.05) is 13.1 Å². The van der Waals surface area contributed by atoms with Crippen LogP contribution in [0, 0.1) is 11.2 Å². The van der Waals surface area contributed by atoms with Gasteiger partial charge in [0.1, 0.15) is 5.82 Å². The van der Waals surface area contributed by atoms with Gasteiger partial charge in [0.2, 0.25) is 0 Å². The van der Waals surface area contributed by atoms with Gasteiger partial charge in [-0.25, -0.2) is 9.37 Å². The Labute approximate surface area is 118 Å². The summed E-state index contributed by atoms with van der Waals surface area (Å²) >= 11 is 0. The van der Waals surface area contributed by atoms with Crippen molar-refractivity contribution in [1.29, 1.82) is 0 Å². The Kier molecular flexibility index (Phi) is 3.57. The topological polar surface area (TPSA) is 29.9 Å². The number of hydrogen-bond donors (Lipinski definition) is 1. The Bertz CT molecular complexity index is 568. The zero-order valence-corrected chi connectivity index (χ0v) is 11.8. The van der Waals surface area contributed by atoms with Crippen LogP contribution in [0.2, 0.25) is 0 Å². The van der Waals surface area contributed by atoms with E-state index < -0.39 is 0 Å². The third-order valence-corrected chi connectivity index (χ3v) is 4.09. The molecular formula is C16H20FN3. The number of aromatic nitrogens is 2. The average molecular weight is 273 g/mol. The summed E-state index contributed by atoms with van der Waals surface area (Å²) in [6, 6.07) is 6.61. The van der Waals surface area contributed by atoms with E-state index in [4.69, 9.17) is 0 Å². The zero-order chi connectivity index (χ0) is 14.0. The van der Waals surface area contributed by atoms with Gasteiger partial charge in [-0.15, -0.1) is 0 Å². The molecule has 4 heteroatoms. The van der Waals surface area contributed by atoms with E-state index >= 15 is 0 Å². The van der Waals surface area contributed by atoms with E-state index in [1.165, 1.54) is 25.0 Å². The number of benzene rings is 1. The summed E-state index contributed by atoms with van der Waals surface area (Å²) in [4.78, 5) is 4.27. The Morgan fingerprint density at radius 3 is 2.85 bits per heavy atom. The highest BCUT2D eigenvalue weighted by Crippen LogP contribution is 2.30. The van der Waals surface area contributed by atoms with E-state index in [1.54, 1.807) is 0 Å². The van der Waals surface area contributed by atoms with Gasteiger partial charge >= 0.3 is 0 Å². The summed E-state index contributed by atoms with van der Waals surface area (Å²) in [5.41, 5.74) is 2.32. The molecule has 2 aromatic rings. The Balaban J connectivity index is 1.84. The minimum Gasteiger partial charge on any atom is -0.330 e. The van der Waals surface area contributed by atoms with Crippen molar-refractivity contribution in [3.8, 4) is 11.3 Å². The van der Waals surface area contributed by atoms with Gasteiger partial charge < -0.3 is 9.88 Å². The van der Waals surface area contributed by atoms with Crippen LogP contribution < -0.4 is 5.32 Å². The van der Waals surface area contributed by atoms with Crippen molar-refractivity contribution in [1.82, 2.24) is 14.9 Å². The molecule has 3 nitrogen and oxygen atoms in total. The molecule has 106 valence electrons. The van der Waals surface area contributed by atoms with Gasteiger partial charge in [-0.2, -0.15) is 0 Å². The van der Waals surface area contributed by atoms with Crippen LogP contribution in [0.15, 0.2) is 36.8 Å². The average Bonchev–Trinajstić information content (AvgIpc) is 2.88. The smallest absolute Gasteiger partial charge is 0.123 e. The molecule has 0 aliphatic carbocycles. The van der Waals surface area contributed by atoms with E-state index in [9.17, 15) is 4.39 Å². The van der Waals surface area contributed by atoms with E-state index in [2.05, 4.69) is 21.8 Å². The molecule has 0 radical (unpaired) electrons. The van der Waals surface area contributed by atoms with Crippen molar-refractivity contribution in [2.24, 2.45) is 5.41 Å². The van der Waals surface area contributed by atoms with Crippen molar-refractivity contribution in [3.05, 3.63) is 42.6 Å². The maximum Gasteiger partial charge on any atom is 0.123 e. The molecule has 1 saturated heterocycles. The molecule has 1 aliphatic rings. The Morgan fingerprint density at radius 1 is 1.35 bits per heavy atom. The summed E-state index contributed by atoms with van der Waals surface area (Å²) < 4.78 is 15.2. The van der Waals surface area contributed by atoms with Crippen LogP contribution in [0.4, 0.5) is 4.39 Å². The van der Waals surface area contributed by atoms with E-state index in [0.29, 0.717) is 0 Å². The first-order valence-corrected chi connectivity index (χ1v) is 7.13. The Hall–Kier alpha value is -1.68. The molecule has 1 N–H and O–H groups in total. The lowest BCUT2D eigenvalue weighted by atomic mass is 9.82. The van der Waals surface area contributed by atoms with Gasteiger partial charge in [-0.1, -0.05) is 6.92 Å². The number of nitrogens with zero attached hydrogens (tertiary/aromatic N) is 2. The maximum atomic E-state index is 13.0. The van der Waals surface area contributed by atoms with Crippen molar-refractivity contribution in [3.63, 3.8) is 0 Å². The molecule has 1 aromatic heterocycles. The fourth-order valence-electron chi connectivity index (χ4n) is 2.97. The van der Waals surface area contributed by atoms with Crippen LogP contribution in [0.1, 0.15) is 19.8 Å². The number of halogens is 1. The molecule has 1 fully saturated rings. The molecule has 0 bridgehead atoms. The first-order valence-electron chi connectivity index (χ1n) is 7.13. The molecule has 3 rings (SSSR count). The molecule has 0 spiro atoms. The lowest BCUT2D eigenvalue weighted by molar-refractivity contribution is 0.202. The largest absolute Gasteiger partial charge is 0.330 e. The zero-order valence-electron chi connectivity index (χ0n) is 11.8. The fraction of sp³-hybridized carbons (Fsp3) is 0.438. The van der Waals surface area contributed by atoms with E-state index in [1.807, 2.05) is 24.7 Å². The number of hydrogen-bond acceptors (Lipinski definition) is 2. The SMILES string of the molecule is CC1(Cn2cncc2-c2ccc(F)cc2)CCCNC1. The van der Waals surface area contributed by atoms with Crippen LogP contribution in [0.25, 0.3) is 11.3 Å². The lowest BCUT2D eigenvalue weighted by Crippen LogP contribution is -2.40. The maximum absolute atomic E-state index is 13.0. The van der Waals surface area contributed by atoms with Gasteiger partial charge in [-0.05, 0) is 54.6 Å². The highest BCUT2D eigenvalue weighted by molar-refractivity contribution is 5.58. The molecule has 1 aliphatic heterocycles. The third kappa shape index (κ3) is 2.75. The van der Waals surface area contributed by atoms with Gasteiger partial charge in [0.15, 0.2) is 0 Å². The fourth-order valence-corrected chi connectivity index (χ4v) is 2.97. The second-order valence-electron chi connectivity index (χ2n) is 6.00. The van der Waals surface area contributed by atoms with Crippen molar-refractivity contribution in [2.45, 2.75) is 26.3 Å². The van der Waals surface area contributed by atoms with Crippen LogP contribution in [0.5, 0.6) is 0 Å². The molecule has 1 aromatic carbocycles. The molecule has 20 heavy (non-hydrogen) atoms. The predicted octanol–water partition coefficient (Wildman–Crippen LogP) is 3.08. The summed E-state index contributed by atoms with van der Waals surface area (Å²) in [7, 11) is 0. The predicted molar refractivity (Wildman–Crippen MR) is 77.8 cm³/mol. The second-order valence-corrected chi connectivity index (χ2v) is 6.00. The monoisotopic (exact) mass is 273 g/mol. The quantitative estimate of drug-likeness (QED) is 0.931. The summed E-state index contributed by atoms with van der Waals surface area (Å²) in [5.74, 6) is -0.205. The Morgan fingerprint density at radius 2 is 2.15 bits per heavy atom. The first kappa shape index (κ1) is 13.3. The van der Waals surface area contributed by atoms with Gasteiger partial charge in [0, 0.05) is 13.1 Å². The normalized spacial score (nSPS) is 22.9. The van der Waals surface area contributed by atoms with Crippen LogP contribution in [-0.4, -0.2) is 22.6 Å². The summed E-state index contributed by atoms with van der Waals surface area (Å²) in [6.07, 6.45) is 6.17. The first-order chi connectivity index (χ1) is 9.66.